The molecule has 2 aromatic heterocycles. The average molecular weight is 342 g/mol. The topological polar surface area (TPSA) is 67.8 Å². The highest BCUT2D eigenvalue weighted by molar-refractivity contribution is 8.00. The Morgan fingerprint density at radius 1 is 1.17 bits per heavy atom. The van der Waals surface area contributed by atoms with Gasteiger partial charge in [0.15, 0.2) is 10.3 Å². The van der Waals surface area contributed by atoms with E-state index in [0.29, 0.717) is 10.3 Å². The standard InChI is InChI=1S/C16H14N4OS2/c1-11(23-15-17-8-5-9-18-15)14(21)20-16-19-13(10-22-16)12-6-3-2-4-7-12/h2-11H,1H3,(H,19,20,21). The Balaban J connectivity index is 1.63. The number of thiazole rings is 1. The summed E-state index contributed by atoms with van der Waals surface area (Å²) in [5.74, 6) is -0.114. The molecule has 0 radical (unpaired) electrons. The Bertz CT molecular complexity index is 777. The second-order valence-corrected chi connectivity index (χ2v) is 6.85. The van der Waals surface area contributed by atoms with E-state index in [9.17, 15) is 4.79 Å². The van der Waals surface area contributed by atoms with E-state index in [1.165, 1.54) is 23.1 Å². The molecule has 1 N–H and O–H groups in total. The lowest BCUT2D eigenvalue weighted by Crippen LogP contribution is -2.22. The summed E-state index contributed by atoms with van der Waals surface area (Å²) in [6.45, 7) is 1.82. The van der Waals surface area contributed by atoms with Crippen LogP contribution in [0.1, 0.15) is 6.92 Å². The van der Waals surface area contributed by atoms with E-state index >= 15 is 0 Å². The first-order valence-corrected chi connectivity index (χ1v) is 8.74. The molecule has 3 rings (SSSR count). The zero-order chi connectivity index (χ0) is 16.1. The monoisotopic (exact) mass is 342 g/mol. The molecule has 5 nitrogen and oxygen atoms in total. The van der Waals surface area contributed by atoms with Gasteiger partial charge in [0.05, 0.1) is 10.9 Å². The van der Waals surface area contributed by atoms with Crippen LogP contribution in [-0.2, 0) is 4.79 Å². The molecule has 23 heavy (non-hydrogen) atoms. The number of carbonyl (C=O) groups excluding carboxylic acids is 1. The summed E-state index contributed by atoms with van der Waals surface area (Å²) in [6, 6.07) is 11.6. The smallest absolute Gasteiger partial charge is 0.239 e. The number of nitrogens with zero attached hydrogens (tertiary/aromatic N) is 3. The molecule has 0 aliphatic heterocycles. The number of aromatic nitrogens is 3. The summed E-state index contributed by atoms with van der Waals surface area (Å²) >= 11 is 2.73. The lowest BCUT2D eigenvalue weighted by molar-refractivity contribution is -0.115. The van der Waals surface area contributed by atoms with Crippen molar-refractivity contribution >= 4 is 34.1 Å². The summed E-state index contributed by atoms with van der Waals surface area (Å²) in [6.07, 6.45) is 3.32. The molecule has 7 heteroatoms. The first kappa shape index (κ1) is 15.6. The van der Waals surface area contributed by atoms with Gasteiger partial charge in [0.25, 0.3) is 0 Å². The number of amides is 1. The van der Waals surface area contributed by atoms with E-state index in [0.717, 1.165) is 11.3 Å². The molecule has 116 valence electrons. The SMILES string of the molecule is CC(Sc1ncccn1)C(=O)Nc1nc(-c2ccccc2)cs1. The summed E-state index contributed by atoms with van der Waals surface area (Å²) in [4.78, 5) is 24.9. The molecule has 0 aliphatic carbocycles. The lowest BCUT2D eigenvalue weighted by Gasteiger charge is -2.08. The fraction of sp³-hybridized carbons (Fsp3) is 0.125. The Morgan fingerprint density at radius 3 is 2.65 bits per heavy atom. The van der Waals surface area contributed by atoms with E-state index in [4.69, 9.17) is 0 Å². The van der Waals surface area contributed by atoms with Gasteiger partial charge in [0.2, 0.25) is 5.91 Å². The first-order valence-electron chi connectivity index (χ1n) is 6.98. The zero-order valence-electron chi connectivity index (χ0n) is 12.3. The quantitative estimate of drug-likeness (QED) is 0.565. The number of rotatable bonds is 5. The van der Waals surface area contributed by atoms with Crippen LogP contribution in [0.15, 0.2) is 59.3 Å². The summed E-state index contributed by atoms with van der Waals surface area (Å²) in [5, 5.41) is 5.65. The minimum atomic E-state index is -0.304. The first-order chi connectivity index (χ1) is 11.2. The van der Waals surface area contributed by atoms with Crippen molar-refractivity contribution in [2.75, 3.05) is 5.32 Å². The third-order valence-corrected chi connectivity index (χ3v) is 4.74. The van der Waals surface area contributed by atoms with Crippen LogP contribution in [0.4, 0.5) is 5.13 Å². The normalized spacial score (nSPS) is 11.9. The fourth-order valence-corrected chi connectivity index (χ4v) is 3.29. The fourth-order valence-electron chi connectivity index (χ4n) is 1.84. The zero-order valence-corrected chi connectivity index (χ0v) is 14.0. The van der Waals surface area contributed by atoms with E-state index in [1.54, 1.807) is 18.5 Å². The minimum Gasteiger partial charge on any atom is -0.301 e. The molecule has 0 saturated heterocycles. The van der Waals surface area contributed by atoms with E-state index in [2.05, 4.69) is 20.3 Å². The van der Waals surface area contributed by atoms with E-state index in [-0.39, 0.29) is 11.2 Å². The van der Waals surface area contributed by atoms with Gasteiger partial charge >= 0.3 is 0 Å². The maximum absolute atomic E-state index is 12.2. The van der Waals surface area contributed by atoms with Crippen LogP contribution in [0.2, 0.25) is 0 Å². The second-order valence-electron chi connectivity index (χ2n) is 4.68. The van der Waals surface area contributed by atoms with E-state index < -0.39 is 0 Å². The summed E-state index contributed by atoms with van der Waals surface area (Å²) in [7, 11) is 0. The van der Waals surface area contributed by atoms with Crippen LogP contribution in [0, 0.1) is 0 Å². The van der Waals surface area contributed by atoms with Gasteiger partial charge in [-0.15, -0.1) is 11.3 Å². The number of carbonyl (C=O) groups is 1. The van der Waals surface area contributed by atoms with Crippen molar-refractivity contribution in [1.82, 2.24) is 15.0 Å². The van der Waals surface area contributed by atoms with Crippen molar-refractivity contribution in [2.24, 2.45) is 0 Å². The molecule has 0 saturated carbocycles. The van der Waals surface area contributed by atoms with Crippen molar-refractivity contribution in [3.8, 4) is 11.3 Å². The van der Waals surface area contributed by atoms with Gasteiger partial charge in [-0.2, -0.15) is 0 Å². The van der Waals surface area contributed by atoms with Crippen LogP contribution >= 0.6 is 23.1 Å². The Kier molecular flexibility index (Phi) is 4.99. The van der Waals surface area contributed by atoms with Crippen molar-refractivity contribution < 1.29 is 4.79 Å². The van der Waals surface area contributed by atoms with Gasteiger partial charge in [-0.25, -0.2) is 15.0 Å². The molecule has 1 atom stereocenters. The van der Waals surface area contributed by atoms with Crippen LogP contribution in [0.3, 0.4) is 0 Å². The van der Waals surface area contributed by atoms with Gasteiger partial charge in [0, 0.05) is 23.3 Å². The van der Waals surface area contributed by atoms with Gasteiger partial charge < -0.3 is 5.32 Å². The van der Waals surface area contributed by atoms with Gasteiger partial charge in [-0.3, -0.25) is 4.79 Å². The van der Waals surface area contributed by atoms with Crippen LogP contribution in [-0.4, -0.2) is 26.1 Å². The number of hydrogen-bond donors (Lipinski definition) is 1. The molecular weight excluding hydrogens is 328 g/mol. The number of hydrogen-bond acceptors (Lipinski definition) is 6. The predicted molar refractivity (Wildman–Crippen MR) is 93.5 cm³/mol. The number of thioether (sulfide) groups is 1. The maximum Gasteiger partial charge on any atom is 0.239 e. The van der Waals surface area contributed by atoms with E-state index in [1.807, 2.05) is 42.6 Å². The van der Waals surface area contributed by atoms with Crippen LogP contribution in [0.25, 0.3) is 11.3 Å². The highest BCUT2D eigenvalue weighted by Crippen LogP contribution is 2.26. The molecule has 1 aromatic carbocycles. The van der Waals surface area contributed by atoms with Gasteiger partial charge in [0.1, 0.15) is 0 Å². The largest absolute Gasteiger partial charge is 0.301 e. The number of anilines is 1. The molecule has 2 heterocycles. The third kappa shape index (κ3) is 4.14. The van der Waals surface area contributed by atoms with Crippen LogP contribution < -0.4 is 5.32 Å². The average Bonchev–Trinajstić information content (AvgIpc) is 3.05. The molecular formula is C16H14N4OS2. The Labute approximate surface area is 142 Å². The van der Waals surface area contributed by atoms with Crippen molar-refractivity contribution in [3.63, 3.8) is 0 Å². The molecule has 0 aliphatic rings. The summed E-state index contributed by atoms with van der Waals surface area (Å²) in [5.41, 5.74) is 1.89. The van der Waals surface area contributed by atoms with Crippen molar-refractivity contribution in [2.45, 2.75) is 17.3 Å². The lowest BCUT2D eigenvalue weighted by atomic mass is 10.2. The molecule has 0 fully saturated rings. The number of nitrogens with one attached hydrogen (secondary N) is 1. The highest BCUT2D eigenvalue weighted by Gasteiger charge is 2.17. The minimum absolute atomic E-state index is 0.114. The number of benzene rings is 1. The molecule has 0 spiro atoms. The molecule has 1 unspecified atom stereocenters. The maximum atomic E-state index is 12.2. The predicted octanol–water partition coefficient (Wildman–Crippen LogP) is 3.72. The second kappa shape index (κ2) is 7.34. The molecule has 3 aromatic rings. The highest BCUT2D eigenvalue weighted by atomic mass is 32.2. The third-order valence-electron chi connectivity index (χ3n) is 3.00. The van der Waals surface area contributed by atoms with Gasteiger partial charge in [-0.1, -0.05) is 42.1 Å². The van der Waals surface area contributed by atoms with Crippen molar-refractivity contribution in [3.05, 3.63) is 54.2 Å². The molecule has 0 bridgehead atoms. The summed E-state index contributed by atoms with van der Waals surface area (Å²) < 4.78 is 0. The molecule has 1 amide bonds. The Hall–Kier alpha value is -2.25. The van der Waals surface area contributed by atoms with Gasteiger partial charge in [-0.05, 0) is 13.0 Å². The van der Waals surface area contributed by atoms with Crippen LogP contribution in [0.5, 0.6) is 0 Å². The Morgan fingerprint density at radius 2 is 1.91 bits per heavy atom. The van der Waals surface area contributed by atoms with Crippen molar-refractivity contribution in [1.29, 1.82) is 0 Å².